The summed E-state index contributed by atoms with van der Waals surface area (Å²) < 4.78 is 0.878. The maximum atomic E-state index is 13.0. The Morgan fingerprint density at radius 3 is 2.36 bits per heavy atom. The first kappa shape index (κ1) is 15.8. The average Bonchev–Trinajstić information content (AvgIpc) is 2.87. The largest absolute Gasteiger partial charge is 0.353 e. The molecular weight excluding hydrogens is 384 g/mol. The van der Waals surface area contributed by atoms with Gasteiger partial charge in [-0.05, 0) is 24.6 Å². The van der Waals surface area contributed by atoms with Gasteiger partial charge in [0.2, 0.25) is 0 Å². The number of ketones is 1. The normalized spacial score (nSPS) is 18.8. The smallest absolute Gasteiger partial charge is 0.276 e. The fourth-order valence-electron chi connectivity index (χ4n) is 3.54. The van der Waals surface area contributed by atoms with Crippen molar-refractivity contribution in [3.63, 3.8) is 0 Å². The second kappa shape index (κ2) is 5.67. The van der Waals surface area contributed by atoms with E-state index in [1.54, 1.807) is 19.1 Å². The molecule has 0 spiro atoms. The number of nitrogens with one attached hydrogen (secondary N) is 1. The Bertz CT molecular complexity index is 990. The van der Waals surface area contributed by atoms with Crippen molar-refractivity contribution in [3.8, 4) is 0 Å². The molecule has 4 rings (SSSR count). The van der Waals surface area contributed by atoms with E-state index in [4.69, 9.17) is 0 Å². The molecule has 6 heteroatoms. The van der Waals surface area contributed by atoms with Gasteiger partial charge >= 0.3 is 0 Å². The number of Topliss-reactive ketones (excluding diaryl/α,β-unsaturated/α-hetero) is 1. The van der Waals surface area contributed by atoms with Crippen LogP contribution in [0.15, 0.2) is 70.0 Å². The summed E-state index contributed by atoms with van der Waals surface area (Å²) in [6, 6.07) is 14.6. The Morgan fingerprint density at radius 2 is 1.72 bits per heavy atom. The van der Waals surface area contributed by atoms with Crippen molar-refractivity contribution >= 4 is 27.4 Å². The molecule has 2 aliphatic rings. The zero-order valence-electron chi connectivity index (χ0n) is 13.2. The highest BCUT2D eigenvalue weighted by Crippen LogP contribution is 2.46. The van der Waals surface area contributed by atoms with E-state index in [0.29, 0.717) is 22.5 Å². The van der Waals surface area contributed by atoms with Crippen molar-refractivity contribution < 1.29 is 9.72 Å². The number of hydrogen-bond acceptors (Lipinski definition) is 4. The highest BCUT2D eigenvalue weighted by atomic mass is 79.9. The fourth-order valence-corrected chi connectivity index (χ4v) is 3.80. The van der Waals surface area contributed by atoms with Crippen LogP contribution in [0.2, 0.25) is 0 Å². The molecule has 2 aromatic carbocycles. The first-order valence-corrected chi connectivity index (χ1v) is 8.54. The van der Waals surface area contributed by atoms with Crippen LogP contribution in [0.3, 0.4) is 0 Å². The van der Waals surface area contributed by atoms with Gasteiger partial charge in [-0.1, -0.05) is 52.3 Å². The van der Waals surface area contributed by atoms with Crippen molar-refractivity contribution in [2.45, 2.75) is 12.8 Å². The Balaban J connectivity index is 1.96. The van der Waals surface area contributed by atoms with Crippen LogP contribution in [-0.2, 0) is 0 Å². The molecule has 0 saturated heterocycles. The molecule has 1 N–H and O–H groups in total. The number of allylic oxidation sites excluding steroid dienone is 2. The van der Waals surface area contributed by atoms with Crippen LogP contribution in [0.25, 0.3) is 5.70 Å². The van der Waals surface area contributed by atoms with Crippen molar-refractivity contribution in [1.82, 2.24) is 5.32 Å². The van der Waals surface area contributed by atoms with Gasteiger partial charge in [0.1, 0.15) is 5.92 Å². The minimum atomic E-state index is -0.695. The lowest BCUT2D eigenvalue weighted by Crippen LogP contribution is -2.28. The summed E-state index contributed by atoms with van der Waals surface area (Å²) in [5, 5.41) is 14.8. The third-order valence-corrected chi connectivity index (χ3v) is 5.14. The molecule has 124 valence electrons. The van der Waals surface area contributed by atoms with Crippen LogP contribution in [0.5, 0.6) is 0 Å². The van der Waals surface area contributed by atoms with E-state index in [-0.39, 0.29) is 11.5 Å². The number of rotatable bonds is 2. The number of dihydropyridines is 1. The van der Waals surface area contributed by atoms with E-state index in [1.807, 2.05) is 36.4 Å². The van der Waals surface area contributed by atoms with E-state index >= 15 is 0 Å². The predicted octanol–water partition coefficient (Wildman–Crippen LogP) is 4.25. The van der Waals surface area contributed by atoms with Crippen LogP contribution >= 0.6 is 15.9 Å². The average molecular weight is 397 g/mol. The maximum Gasteiger partial charge on any atom is 0.276 e. The topological polar surface area (TPSA) is 72.2 Å². The van der Waals surface area contributed by atoms with Gasteiger partial charge < -0.3 is 5.32 Å². The first-order valence-electron chi connectivity index (χ1n) is 7.75. The van der Waals surface area contributed by atoms with Crippen LogP contribution in [-0.4, -0.2) is 10.7 Å². The molecule has 1 aliphatic heterocycles. The molecule has 1 heterocycles. The molecule has 0 unspecified atom stereocenters. The Kier molecular flexibility index (Phi) is 3.58. The Morgan fingerprint density at radius 1 is 1.08 bits per heavy atom. The molecule has 0 radical (unpaired) electrons. The van der Waals surface area contributed by atoms with Crippen LogP contribution < -0.4 is 5.32 Å². The standard InChI is InChI=1S/C19H13BrN2O3/c1-10-18(22(24)25)15(11-6-8-12(20)9-7-11)16-17(21-10)13-4-2-3-5-14(13)19(16)23/h2-9,15,21H,1H3/t15-/m0/s1. The number of benzene rings is 2. The lowest BCUT2D eigenvalue weighted by molar-refractivity contribution is -0.430. The van der Waals surface area contributed by atoms with E-state index in [1.165, 1.54) is 0 Å². The molecule has 0 aromatic heterocycles. The summed E-state index contributed by atoms with van der Waals surface area (Å²) in [5.74, 6) is -0.850. The SMILES string of the molecule is CC1=C([N+](=O)[O-])[C@@H](c2ccc(Br)cc2)C2=C(N1)c1ccccc1C2=O. The predicted molar refractivity (Wildman–Crippen MR) is 97.4 cm³/mol. The Hall–Kier alpha value is -2.73. The minimum Gasteiger partial charge on any atom is -0.353 e. The summed E-state index contributed by atoms with van der Waals surface area (Å²) in [6.07, 6.45) is 0. The van der Waals surface area contributed by atoms with Crippen molar-refractivity contribution in [1.29, 1.82) is 0 Å². The highest BCUT2D eigenvalue weighted by Gasteiger charge is 2.45. The van der Waals surface area contributed by atoms with E-state index in [9.17, 15) is 14.9 Å². The number of nitrogens with zero attached hydrogens (tertiary/aromatic N) is 1. The molecule has 0 fully saturated rings. The van der Waals surface area contributed by atoms with Crippen LogP contribution in [0.4, 0.5) is 0 Å². The second-order valence-corrected chi connectivity index (χ2v) is 6.96. The third-order valence-electron chi connectivity index (χ3n) is 4.61. The van der Waals surface area contributed by atoms with Gasteiger partial charge in [0.05, 0.1) is 16.3 Å². The molecule has 25 heavy (non-hydrogen) atoms. The van der Waals surface area contributed by atoms with E-state index < -0.39 is 10.8 Å². The molecule has 1 aliphatic carbocycles. The number of nitro groups is 1. The van der Waals surface area contributed by atoms with Crippen molar-refractivity contribution in [2.24, 2.45) is 0 Å². The zero-order chi connectivity index (χ0) is 17.7. The molecule has 1 atom stereocenters. The summed E-state index contributed by atoms with van der Waals surface area (Å²) in [6.45, 7) is 1.68. The van der Waals surface area contributed by atoms with Crippen molar-refractivity contribution in [2.75, 3.05) is 0 Å². The maximum absolute atomic E-state index is 13.0. The lowest BCUT2D eigenvalue weighted by atomic mass is 9.83. The second-order valence-electron chi connectivity index (χ2n) is 6.04. The molecule has 2 aromatic rings. The monoisotopic (exact) mass is 396 g/mol. The van der Waals surface area contributed by atoms with E-state index in [0.717, 1.165) is 15.6 Å². The molecule has 0 amide bonds. The summed E-state index contributed by atoms with van der Waals surface area (Å²) >= 11 is 3.38. The summed E-state index contributed by atoms with van der Waals surface area (Å²) in [4.78, 5) is 24.4. The number of carbonyl (C=O) groups is 1. The van der Waals surface area contributed by atoms with Gasteiger partial charge in [0, 0.05) is 21.2 Å². The summed E-state index contributed by atoms with van der Waals surface area (Å²) in [5.41, 5.74) is 3.70. The van der Waals surface area contributed by atoms with Gasteiger partial charge in [-0.25, -0.2) is 0 Å². The van der Waals surface area contributed by atoms with Gasteiger partial charge in [-0.3, -0.25) is 14.9 Å². The van der Waals surface area contributed by atoms with Crippen LogP contribution in [0.1, 0.15) is 34.3 Å². The van der Waals surface area contributed by atoms with Gasteiger partial charge in [0.15, 0.2) is 5.78 Å². The quantitative estimate of drug-likeness (QED) is 0.608. The summed E-state index contributed by atoms with van der Waals surface area (Å²) in [7, 11) is 0. The minimum absolute atomic E-state index is 0.0160. The lowest BCUT2D eigenvalue weighted by Gasteiger charge is -2.24. The number of carbonyl (C=O) groups excluding carboxylic acids is 1. The van der Waals surface area contributed by atoms with Crippen LogP contribution in [0, 0.1) is 10.1 Å². The van der Waals surface area contributed by atoms with Gasteiger partial charge in [-0.15, -0.1) is 0 Å². The highest BCUT2D eigenvalue weighted by molar-refractivity contribution is 9.10. The molecule has 5 nitrogen and oxygen atoms in total. The number of fused-ring (bicyclic) bond motifs is 2. The zero-order valence-corrected chi connectivity index (χ0v) is 14.8. The van der Waals surface area contributed by atoms with Gasteiger partial charge in [0.25, 0.3) is 5.70 Å². The third kappa shape index (κ3) is 2.33. The molecular formula is C19H13BrN2O3. The number of halogens is 1. The Labute approximate surface area is 152 Å². The van der Waals surface area contributed by atoms with Gasteiger partial charge in [-0.2, -0.15) is 0 Å². The first-order chi connectivity index (χ1) is 12.0. The fraction of sp³-hybridized carbons (Fsp3) is 0.105. The number of hydrogen-bond donors (Lipinski definition) is 1. The molecule has 0 bridgehead atoms. The van der Waals surface area contributed by atoms with E-state index in [2.05, 4.69) is 21.2 Å². The van der Waals surface area contributed by atoms with Crippen molar-refractivity contribution in [3.05, 3.63) is 96.8 Å². The molecule has 0 saturated carbocycles.